The number of halogens is 2. The van der Waals surface area contributed by atoms with Gasteiger partial charge in [0.2, 0.25) is 5.91 Å². The quantitative estimate of drug-likeness (QED) is 0.789. The van der Waals surface area contributed by atoms with Gasteiger partial charge in [-0.05, 0) is 18.2 Å². The number of fused-ring (bicyclic) bond motifs is 1. The molecule has 0 radical (unpaired) electrons. The number of morpholine rings is 2. The number of carbonyl (C=O) groups excluding carboxylic acids is 1. The second kappa shape index (κ2) is 9.68. The number of hydrogen-bond acceptors (Lipinski definition) is 7. The van der Waals surface area contributed by atoms with Crippen LogP contribution in [0.15, 0.2) is 18.2 Å². The van der Waals surface area contributed by atoms with Crippen molar-refractivity contribution in [3.63, 3.8) is 0 Å². The molecule has 2 aromatic rings. The van der Waals surface area contributed by atoms with Crippen molar-refractivity contribution >= 4 is 63.1 Å². The molecule has 1 aromatic carbocycles. The largest absolute Gasteiger partial charge is 0.378 e. The zero-order valence-corrected chi connectivity index (χ0v) is 16.6. The highest BCUT2D eigenvalue weighted by molar-refractivity contribution is 7.22. The van der Waals surface area contributed by atoms with Crippen LogP contribution in [-0.4, -0.2) is 63.0 Å². The number of nitrogens with zero attached hydrogens (tertiary/aromatic N) is 2. The van der Waals surface area contributed by atoms with E-state index in [9.17, 15) is 4.79 Å². The Hall–Kier alpha value is -1.16. The minimum Gasteiger partial charge on any atom is -0.378 e. The van der Waals surface area contributed by atoms with Gasteiger partial charge in [0.15, 0.2) is 5.13 Å². The normalized spacial score (nSPS) is 20.2. The molecule has 144 valence electrons. The van der Waals surface area contributed by atoms with Crippen LogP contribution in [0.25, 0.3) is 10.2 Å². The molecule has 10 heteroatoms. The van der Waals surface area contributed by atoms with Crippen LogP contribution < -0.4 is 15.5 Å². The van der Waals surface area contributed by atoms with Crippen LogP contribution in [0.5, 0.6) is 0 Å². The maximum Gasteiger partial charge on any atom is 0.243 e. The Morgan fingerprint density at radius 1 is 1.23 bits per heavy atom. The minimum absolute atomic E-state index is 0. The van der Waals surface area contributed by atoms with E-state index in [0.29, 0.717) is 19.8 Å². The van der Waals surface area contributed by atoms with Crippen molar-refractivity contribution in [2.24, 2.45) is 0 Å². The summed E-state index contributed by atoms with van der Waals surface area (Å²) in [6.45, 7) is 5.00. The Balaban J connectivity index is 0.00000121. The number of aromatic nitrogens is 1. The first-order valence-corrected chi connectivity index (χ1v) is 8.96. The van der Waals surface area contributed by atoms with E-state index in [1.807, 2.05) is 18.2 Å². The Morgan fingerprint density at radius 2 is 2.04 bits per heavy atom. The zero-order valence-electron chi connectivity index (χ0n) is 14.1. The molecule has 7 nitrogen and oxygen atoms in total. The number of nitrogens with one attached hydrogen (secondary N) is 2. The predicted octanol–water partition coefficient (Wildman–Crippen LogP) is 1.90. The van der Waals surface area contributed by atoms with E-state index >= 15 is 0 Å². The van der Waals surface area contributed by atoms with Gasteiger partial charge in [-0.25, -0.2) is 4.98 Å². The summed E-state index contributed by atoms with van der Waals surface area (Å²) in [5, 5.41) is 7.13. The summed E-state index contributed by atoms with van der Waals surface area (Å²) in [7, 11) is 0. The third-order valence-corrected chi connectivity index (χ3v) is 5.24. The molecule has 4 rings (SSSR count). The molecule has 2 N–H and O–H groups in total. The lowest BCUT2D eigenvalue weighted by Crippen LogP contribution is -2.48. The van der Waals surface area contributed by atoms with E-state index in [4.69, 9.17) is 14.5 Å². The molecule has 2 aliphatic rings. The summed E-state index contributed by atoms with van der Waals surface area (Å²) in [4.78, 5) is 19.2. The van der Waals surface area contributed by atoms with E-state index in [1.54, 1.807) is 11.3 Å². The van der Waals surface area contributed by atoms with Crippen molar-refractivity contribution in [2.45, 2.75) is 6.04 Å². The molecule has 2 saturated heterocycles. The third-order valence-electron chi connectivity index (χ3n) is 4.16. The van der Waals surface area contributed by atoms with Gasteiger partial charge in [-0.3, -0.25) is 4.79 Å². The van der Waals surface area contributed by atoms with Crippen molar-refractivity contribution < 1.29 is 14.3 Å². The number of ether oxygens (including phenoxy) is 2. The lowest BCUT2D eigenvalue weighted by Gasteiger charge is -2.25. The lowest BCUT2D eigenvalue weighted by atomic mass is 10.2. The number of thiazole rings is 1. The molecule has 0 spiro atoms. The van der Waals surface area contributed by atoms with E-state index in [0.717, 1.165) is 47.3 Å². The standard InChI is InChI=1S/C16H20N4O3S.2ClH/c21-15(13-10-23-6-3-17-13)18-11-1-2-12-14(9-11)24-16(19-12)20-4-7-22-8-5-20;;/h1-2,9,13,17H,3-8,10H2,(H,18,21);2*1H. The second-order valence-corrected chi connectivity index (χ2v) is 6.86. The molecule has 1 aromatic heterocycles. The van der Waals surface area contributed by atoms with Gasteiger partial charge in [0.1, 0.15) is 6.04 Å². The van der Waals surface area contributed by atoms with E-state index in [1.165, 1.54) is 0 Å². The number of benzene rings is 1. The van der Waals surface area contributed by atoms with Crippen molar-refractivity contribution in [3.05, 3.63) is 18.2 Å². The van der Waals surface area contributed by atoms with Gasteiger partial charge in [0.25, 0.3) is 0 Å². The molecule has 2 fully saturated rings. The number of carbonyl (C=O) groups is 1. The molecule has 1 atom stereocenters. The fraction of sp³-hybridized carbons (Fsp3) is 0.500. The van der Waals surface area contributed by atoms with Crippen LogP contribution in [0.1, 0.15) is 0 Å². The summed E-state index contributed by atoms with van der Waals surface area (Å²) < 4.78 is 11.8. The summed E-state index contributed by atoms with van der Waals surface area (Å²) >= 11 is 1.65. The molecule has 1 amide bonds. The number of amides is 1. The smallest absolute Gasteiger partial charge is 0.243 e. The van der Waals surface area contributed by atoms with Crippen molar-refractivity contribution in [2.75, 3.05) is 56.3 Å². The molecule has 1 unspecified atom stereocenters. The molecule has 0 bridgehead atoms. The van der Waals surface area contributed by atoms with Gasteiger partial charge in [0, 0.05) is 25.3 Å². The van der Waals surface area contributed by atoms with E-state index < -0.39 is 0 Å². The topological polar surface area (TPSA) is 75.7 Å². The molecular formula is C16H22Cl2N4O3S. The van der Waals surface area contributed by atoms with Crippen LogP contribution in [0, 0.1) is 0 Å². The molecular weight excluding hydrogens is 399 g/mol. The Bertz CT molecular complexity index is 733. The average molecular weight is 421 g/mol. The summed E-state index contributed by atoms with van der Waals surface area (Å²) in [5.41, 5.74) is 1.75. The van der Waals surface area contributed by atoms with Crippen molar-refractivity contribution in [1.82, 2.24) is 10.3 Å². The van der Waals surface area contributed by atoms with Gasteiger partial charge in [-0.2, -0.15) is 0 Å². The highest BCUT2D eigenvalue weighted by Crippen LogP contribution is 2.31. The first-order valence-electron chi connectivity index (χ1n) is 8.15. The zero-order chi connectivity index (χ0) is 16.4. The SMILES string of the molecule is Cl.Cl.O=C(Nc1ccc2nc(N3CCOCC3)sc2c1)C1COCCN1. The third kappa shape index (κ3) is 4.76. The Morgan fingerprint density at radius 3 is 2.77 bits per heavy atom. The van der Waals surface area contributed by atoms with Crippen molar-refractivity contribution in [1.29, 1.82) is 0 Å². The molecule has 0 aliphatic carbocycles. The fourth-order valence-electron chi connectivity index (χ4n) is 2.84. The molecule has 2 aliphatic heterocycles. The number of hydrogen-bond donors (Lipinski definition) is 2. The monoisotopic (exact) mass is 420 g/mol. The van der Waals surface area contributed by atoms with Gasteiger partial charge in [-0.1, -0.05) is 11.3 Å². The number of anilines is 2. The molecule has 0 saturated carbocycles. The summed E-state index contributed by atoms with van der Waals surface area (Å²) in [6.07, 6.45) is 0. The average Bonchev–Trinajstić information content (AvgIpc) is 3.06. The maximum atomic E-state index is 12.3. The molecule has 3 heterocycles. The van der Waals surface area contributed by atoms with E-state index in [-0.39, 0.29) is 36.8 Å². The second-order valence-electron chi connectivity index (χ2n) is 5.85. The lowest BCUT2D eigenvalue weighted by molar-refractivity contribution is -0.120. The predicted molar refractivity (Wildman–Crippen MR) is 108 cm³/mol. The summed E-state index contributed by atoms with van der Waals surface area (Å²) in [6, 6.07) is 5.54. The Labute approximate surface area is 168 Å². The van der Waals surface area contributed by atoms with Gasteiger partial charge >= 0.3 is 0 Å². The highest BCUT2D eigenvalue weighted by atomic mass is 35.5. The van der Waals surface area contributed by atoms with Crippen LogP contribution >= 0.6 is 36.2 Å². The summed E-state index contributed by atoms with van der Waals surface area (Å²) in [5.74, 6) is -0.0630. The van der Waals surface area contributed by atoms with Gasteiger partial charge in [0.05, 0.1) is 36.6 Å². The fourth-order valence-corrected chi connectivity index (χ4v) is 3.90. The van der Waals surface area contributed by atoms with Gasteiger partial charge < -0.3 is 25.0 Å². The van der Waals surface area contributed by atoms with Crippen LogP contribution in [0.3, 0.4) is 0 Å². The van der Waals surface area contributed by atoms with E-state index in [2.05, 4.69) is 15.5 Å². The Kier molecular flexibility index (Phi) is 7.87. The minimum atomic E-state index is -0.292. The maximum absolute atomic E-state index is 12.3. The van der Waals surface area contributed by atoms with Crippen molar-refractivity contribution in [3.8, 4) is 0 Å². The highest BCUT2D eigenvalue weighted by Gasteiger charge is 2.21. The van der Waals surface area contributed by atoms with Crippen LogP contribution in [0.2, 0.25) is 0 Å². The first-order chi connectivity index (χ1) is 11.8. The van der Waals surface area contributed by atoms with Crippen LogP contribution in [0.4, 0.5) is 10.8 Å². The number of rotatable bonds is 3. The molecule has 26 heavy (non-hydrogen) atoms. The van der Waals surface area contributed by atoms with Gasteiger partial charge in [-0.15, -0.1) is 24.8 Å². The first kappa shape index (κ1) is 21.1. The van der Waals surface area contributed by atoms with Crippen LogP contribution in [-0.2, 0) is 14.3 Å².